The average molecular weight is 372 g/mol. The number of halogens is 1. The van der Waals surface area contributed by atoms with Crippen LogP contribution in [-0.2, 0) is 4.79 Å². The third-order valence-electron chi connectivity index (χ3n) is 5.74. The number of amides is 1. The Morgan fingerprint density at radius 2 is 2.00 bits per heavy atom. The fourth-order valence-corrected chi connectivity index (χ4v) is 3.98. The van der Waals surface area contributed by atoms with Crippen molar-refractivity contribution in [2.45, 2.75) is 31.8 Å². The molecular formula is C20H21FN2O4. The molecule has 1 amide bonds. The van der Waals surface area contributed by atoms with E-state index in [9.17, 15) is 24.2 Å². The van der Waals surface area contributed by atoms with E-state index >= 15 is 0 Å². The Hall–Kier alpha value is -2.54. The van der Waals surface area contributed by atoms with Crippen LogP contribution in [0.15, 0.2) is 30.3 Å². The van der Waals surface area contributed by atoms with Gasteiger partial charge in [0.25, 0.3) is 5.91 Å². The zero-order valence-corrected chi connectivity index (χ0v) is 14.8. The number of hydrogen-bond donors (Lipinski definition) is 2. The Kier molecular flexibility index (Phi) is 4.34. The summed E-state index contributed by atoms with van der Waals surface area (Å²) in [4.78, 5) is 30.5. The highest BCUT2D eigenvalue weighted by atomic mass is 19.1. The molecule has 27 heavy (non-hydrogen) atoms. The number of para-hydroxylation sites is 1. The van der Waals surface area contributed by atoms with E-state index in [2.05, 4.69) is 4.98 Å². The number of likely N-dealkylation sites (tertiary alicyclic amines) is 1. The van der Waals surface area contributed by atoms with Gasteiger partial charge in [0, 0.05) is 18.5 Å². The predicted octanol–water partition coefficient (Wildman–Crippen LogP) is 2.45. The first kappa shape index (κ1) is 17.9. The lowest BCUT2D eigenvalue weighted by Gasteiger charge is -2.43. The van der Waals surface area contributed by atoms with Gasteiger partial charge in [0.05, 0.1) is 6.10 Å². The molecule has 2 heterocycles. The molecule has 142 valence electrons. The van der Waals surface area contributed by atoms with Crippen LogP contribution in [0.2, 0.25) is 0 Å². The molecule has 2 N–H and O–H groups in total. The molecule has 2 aliphatic rings. The van der Waals surface area contributed by atoms with Crippen LogP contribution in [0.25, 0.3) is 10.9 Å². The summed E-state index contributed by atoms with van der Waals surface area (Å²) in [6.45, 7) is 0.187. The first-order chi connectivity index (χ1) is 12.9. The molecule has 4 rings (SSSR count). The predicted molar refractivity (Wildman–Crippen MR) is 95.6 cm³/mol. The van der Waals surface area contributed by atoms with E-state index in [1.54, 1.807) is 18.2 Å². The smallest absolute Gasteiger partial charge is 0.314 e. The highest BCUT2D eigenvalue weighted by molar-refractivity contribution is 5.95. The highest BCUT2D eigenvalue weighted by Gasteiger charge is 2.52. The van der Waals surface area contributed by atoms with Crippen LogP contribution in [0.4, 0.5) is 4.39 Å². The summed E-state index contributed by atoms with van der Waals surface area (Å²) in [6.07, 6.45) is 1.50. The van der Waals surface area contributed by atoms with Crippen LogP contribution in [0.5, 0.6) is 0 Å². The van der Waals surface area contributed by atoms with Crippen molar-refractivity contribution in [2.75, 3.05) is 13.1 Å². The van der Waals surface area contributed by atoms with Crippen molar-refractivity contribution in [1.82, 2.24) is 9.88 Å². The summed E-state index contributed by atoms with van der Waals surface area (Å²) in [7, 11) is 0. The van der Waals surface area contributed by atoms with Gasteiger partial charge in [0.1, 0.15) is 22.4 Å². The number of aliphatic carboxylic acids is 1. The summed E-state index contributed by atoms with van der Waals surface area (Å²) in [5, 5.41) is 20.8. The first-order valence-corrected chi connectivity index (χ1v) is 9.17. The number of benzene rings is 1. The van der Waals surface area contributed by atoms with Crippen LogP contribution < -0.4 is 0 Å². The summed E-state index contributed by atoms with van der Waals surface area (Å²) < 4.78 is 14.0. The van der Waals surface area contributed by atoms with Gasteiger partial charge in [-0.1, -0.05) is 31.0 Å². The molecule has 0 spiro atoms. The molecule has 1 aliphatic carbocycles. The second-order valence-corrected chi connectivity index (χ2v) is 7.65. The van der Waals surface area contributed by atoms with Crippen molar-refractivity contribution >= 4 is 22.8 Å². The van der Waals surface area contributed by atoms with Gasteiger partial charge in [-0.15, -0.1) is 0 Å². The van der Waals surface area contributed by atoms with E-state index in [0.717, 1.165) is 12.8 Å². The third kappa shape index (κ3) is 3.16. The van der Waals surface area contributed by atoms with Gasteiger partial charge in [-0.05, 0) is 30.9 Å². The number of aromatic nitrogens is 1. The number of carboxylic acid groups (broad SMARTS) is 1. The minimum atomic E-state index is -1.35. The molecule has 0 radical (unpaired) electrons. The molecule has 1 aliphatic heterocycles. The molecule has 1 saturated carbocycles. The van der Waals surface area contributed by atoms with Gasteiger partial charge in [-0.3, -0.25) is 9.59 Å². The maximum atomic E-state index is 14.0. The number of aliphatic hydroxyl groups is 1. The first-order valence-electron chi connectivity index (χ1n) is 9.17. The molecule has 2 fully saturated rings. The summed E-state index contributed by atoms with van der Waals surface area (Å²) in [6, 6.07) is 7.73. The molecule has 2 atom stereocenters. The zero-order chi connectivity index (χ0) is 19.2. The number of pyridine rings is 1. The molecule has 1 saturated heterocycles. The van der Waals surface area contributed by atoms with Gasteiger partial charge in [0.15, 0.2) is 0 Å². The highest BCUT2D eigenvalue weighted by Crippen LogP contribution is 2.45. The maximum absolute atomic E-state index is 14.0. The van der Waals surface area contributed by atoms with Gasteiger partial charge in [-0.25, -0.2) is 9.37 Å². The van der Waals surface area contributed by atoms with Crippen LogP contribution in [-0.4, -0.2) is 51.2 Å². The molecule has 0 unspecified atom stereocenters. The van der Waals surface area contributed by atoms with Crippen LogP contribution in [0, 0.1) is 17.2 Å². The van der Waals surface area contributed by atoms with E-state index in [0.29, 0.717) is 17.7 Å². The number of carbonyl (C=O) groups excluding carboxylic acids is 1. The van der Waals surface area contributed by atoms with E-state index < -0.39 is 29.2 Å². The lowest BCUT2D eigenvalue weighted by molar-refractivity contribution is -0.163. The normalized spacial score (nSPS) is 25.6. The number of hydrogen-bond acceptors (Lipinski definition) is 4. The summed E-state index contributed by atoms with van der Waals surface area (Å²) >= 11 is 0. The van der Waals surface area contributed by atoms with Crippen LogP contribution in [0.3, 0.4) is 0 Å². The fraction of sp³-hybridized carbons (Fsp3) is 0.450. The zero-order valence-electron chi connectivity index (χ0n) is 14.8. The van der Waals surface area contributed by atoms with E-state index in [1.165, 1.54) is 17.0 Å². The van der Waals surface area contributed by atoms with Crippen molar-refractivity contribution in [2.24, 2.45) is 11.3 Å². The lowest BCUT2D eigenvalue weighted by atomic mass is 9.73. The van der Waals surface area contributed by atoms with E-state index in [4.69, 9.17) is 0 Å². The molecule has 1 aromatic heterocycles. The van der Waals surface area contributed by atoms with Crippen molar-refractivity contribution in [3.8, 4) is 0 Å². The Balaban J connectivity index is 1.63. The number of carbonyl (C=O) groups is 2. The fourth-order valence-electron chi connectivity index (χ4n) is 3.98. The van der Waals surface area contributed by atoms with Gasteiger partial charge in [0.2, 0.25) is 0 Å². The average Bonchev–Trinajstić information content (AvgIpc) is 3.47. The number of aliphatic hydroxyl groups excluding tert-OH is 1. The van der Waals surface area contributed by atoms with Gasteiger partial charge in [-0.2, -0.15) is 0 Å². The Bertz CT molecular complexity index is 914. The second kappa shape index (κ2) is 6.56. The minimum Gasteiger partial charge on any atom is -0.481 e. The second-order valence-electron chi connectivity index (χ2n) is 7.65. The Labute approximate surface area is 155 Å². The Morgan fingerprint density at radius 3 is 2.70 bits per heavy atom. The van der Waals surface area contributed by atoms with Gasteiger partial charge >= 0.3 is 5.97 Å². The van der Waals surface area contributed by atoms with Crippen LogP contribution >= 0.6 is 0 Å². The molecular weight excluding hydrogens is 351 g/mol. The number of carboxylic acids is 1. The Morgan fingerprint density at radius 1 is 1.22 bits per heavy atom. The van der Waals surface area contributed by atoms with E-state index in [-0.39, 0.29) is 30.7 Å². The third-order valence-corrected chi connectivity index (χ3v) is 5.74. The lowest BCUT2D eigenvalue weighted by Crippen LogP contribution is -2.57. The van der Waals surface area contributed by atoms with Crippen LogP contribution in [0.1, 0.15) is 36.2 Å². The monoisotopic (exact) mass is 372 g/mol. The number of piperidine rings is 1. The largest absolute Gasteiger partial charge is 0.481 e. The topological polar surface area (TPSA) is 90.7 Å². The van der Waals surface area contributed by atoms with Gasteiger partial charge < -0.3 is 15.1 Å². The van der Waals surface area contributed by atoms with Crippen molar-refractivity contribution < 1.29 is 24.2 Å². The SMILES string of the molecule is O=C(c1ccc2cccc(F)c2n1)N1CC[C@H](O)[C@](CC2CC2)(C(=O)O)C1. The minimum absolute atomic E-state index is 0.0597. The van der Waals surface area contributed by atoms with E-state index in [1.807, 2.05) is 0 Å². The van der Waals surface area contributed by atoms with Crippen molar-refractivity contribution in [3.05, 3.63) is 41.8 Å². The number of nitrogens with zero attached hydrogens (tertiary/aromatic N) is 2. The molecule has 7 heteroatoms. The summed E-state index contributed by atoms with van der Waals surface area (Å²) in [5.41, 5.74) is -1.16. The quantitative estimate of drug-likeness (QED) is 0.860. The maximum Gasteiger partial charge on any atom is 0.314 e. The number of fused-ring (bicyclic) bond motifs is 1. The number of rotatable bonds is 4. The molecule has 2 aromatic rings. The standard InChI is InChI=1S/C20H21FN2O4/c21-14-3-1-2-13-6-7-15(22-17(13)14)18(25)23-9-8-16(24)20(11-23,19(26)27)10-12-4-5-12/h1-3,6-7,12,16,24H,4-5,8-11H2,(H,26,27)/t16-,20+/m0/s1. The molecule has 6 nitrogen and oxygen atoms in total. The van der Waals surface area contributed by atoms with Crippen molar-refractivity contribution in [1.29, 1.82) is 0 Å². The summed E-state index contributed by atoms with van der Waals surface area (Å²) in [5.74, 6) is -1.73. The molecule has 0 bridgehead atoms. The molecule has 1 aromatic carbocycles. The van der Waals surface area contributed by atoms with Crippen molar-refractivity contribution in [3.63, 3.8) is 0 Å².